The van der Waals surface area contributed by atoms with Crippen molar-refractivity contribution in [1.82, 2.24) is 5.32 Å². The highest BCUT2D eigenvalue weighted by atomic mass is 79.9. The lowest BCUT2D eigenvalue weighted by Crippen LogP contribution is -2.23. The molecule has 0 aromatic heterocycles. The SMILES string of the molecule is CCCNC(C)c1ccc(N(C)CC(C)C)c(Br)c1. The molecule has 1 aromatic rings. The Balaban J connectivity index is 2.79. The molecule has 0 saturated carbocycles. The molecule has 0 aliphatic carbocycles. The van der Waals surface area contributed by atoms with Crippen LogP contribution in [0.25, 0.3) is 0 Å². The van der Waals surface area contributed by atoms with Gasteiger partial charge < -0.3 is 10.2 Å². The highest BCUT2D eigenvalue weighted by Crippen LogP contribution is 2.29. The number of nitrogens with zero attached hydrogens (tertiary/aromatic N) is 1. The van der Waals surface area contributed by atoms with Gasteiger partial charge in [0.25, 0.3) is 0 Å². The third-order valence-electron chi connectivity index (χ3n) is 3.22. The summed E-state index contributed by atoms with van der Waals surface area (Å²) in [6.07, 6.45) is 1.17. The van der Waals surface area contributed by atoms with Crippen LogP contribution in [0.15, 0.2) is 22.7 Å². The number of benzene rings is 1. The van der Waals surface area contributed by atoms with Crippen LogP contribution < -0.4 is 10.2 Å². The smallest absolute Gasteiger partial charge is 0.0508 e. The van der Waals surface area contributed by atoms with Crippen LogP contribution in [-0.4, -0.2) is 20.1 Å². The maximum atomic E-state index is 3.70. The number of hydrogen-bond donors (Lipinski definition) is 1. The first kappa shape index (κ1) is 16.5. The predicted octanol–water partition coefficient (Wildman–Crippen LogP) is 4.60. The Labute approximate surface area is 126 Å². The van der Waals surface area contributed by atoms with Gasteiger partial charge in [0.2, 0.25) is 0 Å². The van der Waals surface area contributed by atoms with Crippen molar-refractivity contribution >= 4 is 21.6 Å². The molecule has 1 aromatic carbocycles. The summed E-state index contributed by atoms with van der Waals surface area (Å²) < 4.78 is 1.18. The van der Waals surface area contributed by atoms with Crippen molar-refractivity contribution in [2.24, 2.45) is 5.92 Å². The number of hydrogen-bond acceptors (Lipinski definition) is 2. The van der Waals surface area contributed by atoms with E-state index in [2.05, 4.69) is 79.1 Å². The molecule has 19 heavy (non-hydrogen) atoms. The van der Waals surface area contributed by atoms with Gasteiger partial charge in [0.1, 0.15) is 0 Å². The molecule has 108 valence electrons. The monoisotopic (exact) mass is 326 g/mol. The normalized spacial score (nSPS) is 12.8. The van der Waals surface area contributed by atoms with Crippen LogP contribution in [0.1, 0.15) is 45.7 Å². The number of halogens is 1. The fourth-order valence-electron chi connectivity index (χ4n) is 2.23. The third-order valence-corrected chi connectivity index (χ3v) is 3.86. The van der Waals surface area contributed by atoms with Gasteiger partial charge in [-0.05, 0) is 59.4 Å². The molecule has 1 unspecified atom stereocenters. The van der Waals surface area contributed by atoms with Gasteiger partial charge in [0, 0.05) is 24.1 Å². The van der Waals surface area contributed by atoms with Gasteiger partial charge in [0.05, 0.1) is 5.69 Å². The van der Waals surface area contributed by atoms with Crippen LogP contribution in [0.3, 0.4) is 0 Å². The zero-order valence-electron chi connectivity index (χ0n) is 12.8. The summed E-state index contributed by atoms with van der Waals surface area (Å²) in [7, 11) is 2.15. The first-order valence-electron chi connectivity index (χ1n) is 7.19. The quantitative estimate of drug-likeness (QED) is 0.787. The molecule has 0 amide bonds. The molecule has 0 fully saturated rings. The number of anilines is 1. The van der Waals surface area contributed by atoms with Gasteiger partial charge in [-0.15, -0.1) is 0 Å². The Kier molecular flexibility index (Phi) is 6.87. The summed E-state index contributed by atoms with van der Waals surface area (Å²) in [5.74, 6) is 0.668. The zero-order valence-corrected chi connectivity index (χ0v) is 14.4. The molecule has 1 atom stereocenters. The molecular weight excluding hydrogens is 300 g/mol. The third kappa shape index (κ3) is 5.15. The Hall–Kier alpha value is -0.540. The summed E-state index contributed by atoms with van der Waals surface area (Å²) in [5, 5.41) is 3.52. The second-order valence-corrected chi connectivity index (χ2v) is 6.52. The first-order valence-corrected chi connectivity index (χ1v) is 7.99. The topological polar surface area (TPSA) is 15.3 Å². The number of rotatable bonds is 7. The van der Waals surface area contributed by atoms with Gasteiger partial charge in [0.15, 0.2) is 0 Å². The fraction of sp³-hybridized carbons (Fsp3) is 0.625. The maximum absolute atomic E-state index is 3.70. The van der Waals surface area contributed by atoms with Crippen molar-refractivity contribution in [3.05, 3.63) is 28.2 Å². The summed E-state index contributed by atoms with van der Waals surface area (Å²) in [4.78, 5) is 2.31. The molecule has 1 N–H and O–H groups in total. The standard InChI is InChI=1S/C16H27BrN2/c1-6-9-18-13(4)14-7-8-16(15(17)10-14)19(5)11-12(2)3/h7-8,10,12-13,18H,6,9,11H2,1-5H3. The lowest BCUT2D eigenvalue weighted by molar-refractivity contribution is 0.570. The van der Waals surface area contributed by atoms with Gasteiger partial charge >= 0.3 is 0 Å². The van der Waals surface area contributed by atoms with E-state index in [4.69, 9.17) is 0 Å². The molecule has 0 bridgehead atoms. The van der Waals surface area contributed by atoms with E-state index < -0.39 is 0 Å². The molecule has 1 rings (SSSR count). The molecule has 0 aliphatic rings. The number of nitrogens with one attached hydrogen (secondary N) is 1. The van der Waals surface area contributed by atoms with E-state index in [9.17, 15) is 0 Å². The molecule has 0 spiro atoms. The predicted molar refractivity (Wildman–Crippen MR) is 89.0 cm³/mol. The largest absolute Gasteiger partial charge is 0.373 e. The van der Waals surface area contributed by atoms with E-state index in [1.54, 1.807) is 0 Å². The van der Waals surface area contributed by atoms with E-state index in [0.717, 1.165) is 13.1 Å². The first-order chi connectivity index (χ1) is 8.95. The second-order valence-electron chi connectivity index (χ2n) is 5.66. The van der Waals surface area contributed by atoms with Crippen LogP contribution >= 0.6 is 15.9 Å². The van der Waals surface area contributed by atoms with Crippen LogP contribution in [0.4, 0.5) is 5.69 Å². The van der Waals surface area contributed by atoms with E-state index in [1.807, 2.05) is 0 Å². The Bertz CT molecular complexity index is 390. The molecule has 0 heterocycles. The van der Waals surface area contributed by atoms with Crippen molar-refractivity contribution in [3.63, 3.8) is 0 Å². The molecule has 0 radical (unpaired) electrons. The van der Waals surface area contributed by atoms with Crippen LogP contribution in [0.2, 0.25) is 0 Å². The lowest BCUT2D eigenvalue weighted by atomic mass is 10.1. The summed E-state index contributed by atoms with van der Waals surface area (Å²) in [6.45, 7) is 11.0. The van der Waals surface area contributed by atoms with E-state index in [-0.39, 0.29) is 0 Å². The van der Waals surface area contributed by atoms with Gasteiger partial charge in [-0.2, -0.15) is 0 Å². The zero-order chi connectivity index (χ0) is 14.4. The molecule has 0 saturated heterocycles. The van der Waals surface area contributed by atoms with E-state index in [1.165, 1.54) is 22.1 Å². The minimum atomic E-state index is 0.403. The van der Waals surface area contributed by atoms with Gasteiger partial charge in [-0.3, -0.25) is 0 Å². The Morgan fingerprint density at radius 1 is 1.26 bits per heavy atom. The van der Waals surface area contributed by atoms with E-state index in [0.29, 0.717) is 12.0 Å². The molecule has 3 heteroatoms. The fourth-order valence-corrected chi connectivity index (χ4v) is 2.93. The Morgan fingerprint density at radius 3 is 2.47 bits per heavy atom. The molecule has 0 aliphatic heterocycles. The highest BCUT2D eigenvalue weighted by Gasteiger charge is 2.10. The van der Waals surface area contributed by atoms with Crippen molar-refractivity contribution in [3.8, 4) is 0 Å². The summed E-state index contributed by atoms with van der Waals surface area (Å²) in [6, 6.07) is 7.08. The summed E-state index contributed by atoms with van der Waals surface area (Å²) >= 11 is 3.70. The highest BCUT2D eigenvalue weighted by molar-refractivity contribution is 9.10. The lowest BCUT2D eigenvalue weighted by Gasteiger charge is -2.24. The maximum Gasteiger partial charge on any atom is 0.0508 e. The van der Waals surface area contributed by atoms with Crippen molar-refractivity contribution in [2.75, 3.05) is 25.0 Å². The minimum absolute atomic E-state index is 0.403. The average molecular weight is 327 g/mol. The van der Waals surface area contributed by atoms with Crippen LogP contribution in [-0.2, 0) is 0 Å². The molecular formula is C16H27BrN2. The van der Waals surface area contributed by atoms with Gasteiger partial charge in [-0.25, -0.2) is 0 Å². The minimum Gasteiger partial charge on any atom is -0.373 e. The van der Waals surface area contributed by atoms with Crippen molar-refractivity contribution in [1.29, 1.82) is 0 Å². The second kappa shape index (κ2) is 7.91. The van der Waals surface area contributed by atoms with Crippen molar-refractivity contribution in [2.45, 2.75) is 40.2 Å². The van der Waals surface area contributed by atoms with Gasteiger partial charge in [-0.1, -0.05) is 26.8 Å². The average Bonchev–Trinajstić information content (AvgIpc) is 2.34. The Morgan fingerprint density at radius 2 is 1.95 bits per heavy atom. The van der Waals surface area contributed by atoms with Crippen LogP contribution in [0, 0.1) is 5.92 Å². The van der Waals surface area contributed by atoms with Crippen molar-refractivity contribution < 1.29 is 0 Å². The summed E-state index contributed by atoms with van der Waals surface area (Å²) in [5.41, 5.74) is 2.60. The van der Waals surface area contributed by atoms with Crippen LogP contribution in [0.5, 0.6) is 0 Å². The molecule has 2 nitrogen and oxygen atoms in total. The van der Waals surface area contributed by atoms with E-state index >= 15 is 0 Å².